The zero-order chi connectivity index (χ0) is 21.4. The van der Waals surface area contributed by atoms with E-state index in [4.69, 9.17) is 9.47 Å². The van der Waals surface area contributed by atoms with E-state index >= 15 is 0 Å². The number of ether oxygens (including phenoxy) is 2. The number of imidazole rings is 1. The van der Waals surface area contributed by atoms with Crippen molar-refractivity contribution >= 4 is 21.9 Å². The van der Waals surface area contributed by atoms with Crippen molar-refractivity contribution in [2.24, 2.45) is 21.1 Å². The highest BCUT2D eigenvalue weighted by molar-refractivity contribution is 5.88. The molecule has 0 aliphatic rings. The highest BCUT2D eigenvalue weighted by atomic mass is 16.5. The van der Waals surface area contributed by atoms with Gasteiger partial charge in [-0.05, 0) is 11.5 Å². The molecular weight excluding hydrogens is 388 g/mol. The maximum absolute atomic E-state index is 12.4. The highest BCUT2D eigenvalue weighted by Gasteiger charge is 2.19. The quantitative estimate of drug-likeness (QED) is 0.508. The average molecular weight is 410 g/mol. The lowest BCUT2D eigenvalue weighted by molar-refractivity contribution is 0.0588. The molecule has 2 heterocycles. The minimum atomic E-state index is -0.921. The van der Waals surface area contributed by atoms with E-state index in [1.54, 1.807) is 7.05 Å². The summed E-state index contributed by atoms with van der Waals surface area (Å²) in [6.45, 7) is -0.0611. The Kier molecular flexibility index (Phi) is 5.04. The zero-order valence-corrected chi connectivity index (χ0v) is 16.9. The predicted octanol–water partition coefficient (Wildman–Crippen LogP) is 0.943. The molecule has 30 heavy (non-hydrogen) atoms. The maximum atomic E-state index is 12.4. The molecule has 2 aromatic carbocycles. The molecule has 4 aromatic rings. The van der Waals surface area contributed by atoms with Crippen LogP contribution in [0.4, 0.5) is 0 Å². The van der Waals surface area contributed by atoms with Gasteiger partial charge in [0.1, 0.15) is 25.1 Å². The van der Waals surface area contributed by atoms with Crippen molar-refractivity contribution in [3.8, 4) is 11.8 Å². The van der Waals surface area contributed by atoms with E-state index in [1.807, 2.05) is 42.5 Å². The first-order chi connectivity index (χ1) is 14.4. The summed E-state index contributed by atoms with van der Waals surface area (Å²) >= 11 is 0. The molecule has 156 valence electrons. The van der Waals surface area contributed by atoms with Gasteiger partial charge in [-0.1, -0.05) is 36.4 Å². The van der Waals surface area contributed by atoms with Gasteiger partial charge in [-0.2, -0.15) is 4.98 Å². The first-order valence-corrected chi connectivity index (χ1v) is 9.42. The van der Waals surface area contributed by atoms with Crippen molar-refractivity contribution in [3.05, 3.63) is 63.3 Å². The molecule has 0 fully saturated rings. The molecule has 0 spiro atoms. The van der Waals surface area contributed by atoms with E-state index in [0.29, 0.717) is 5.75 Å². The highest BCUT2D eigenvalue weighted by Crippen LogP contribution is 2.25. The first kappa shape index (κ1) is 19.7. The van der Waals surface area contributed by atoms with Crippen LogP contribution in [0.1, 0.15) is 0 Å². The first-order valence-electron chi connectivity index (χ1n) is 9.42. The van der Waals surface area contributed by atoms with Crippen LogP contribution in [0.5, 0.6) is 11.8 Å². The number of aliphatic hydroxyl groups excluding tert-OH is 1. The number of aryl methyl sites for hydroxylation is 2. The van der Waals surface area contributed by atoms with Crippen molar-refractivity contribution < 1.29 is 14.6 Å². The molecule has 9 heteroatoms. The van der Waals surface area contributed by atoms with Gasteiger partial charge in [-0.25, -0.2) is 4.79 Å². The van der Waals surface area contributed by atoms with Crippen LogP contribution >= 0.6 is 0 Å². The molecule has 0 amide bonds. The monoisotopic (exact) mass is 410 g/mol. The van der Waals surface area contributed by atoms with Gasteiger partial charge in [0.15, 0.2) is 11.2 Å². The number of hydrogen-bond acceptors (Lipinski definition) is 6. The van der Waals surface area contributed by atoms with E-state index in [0.717, 1.165) is 15.3 Å². The Bertz CT molecular complexity index is 1350. The summed E-state index contributed by atoms with van der Waals surface area (Å²) in [4.78, 5) is 28.7. The minimum Gasteiger partial charge on any atom is -0.490 e. The number of rotatable bonds is 6. The fourth-order valence-corrected chi connectivity index (χ4v) is 3.35. The molecule has 0 saturated carbocycles. The van der Waals surface area contributed by atoms with Crippen LogP contribution in [0.3, 0.4) is 0 Å². The molecule has 0 saturated heterocycles. The summed E-state index contributed by atoms with van der Waals surface area (Å²) in [5.74, 6) is 0.674. The van der Waals surface area contributed by atoms with Gasteiger partial charge in [0, 0.05) is 26.5 Å². The number of nitrogens with zero attached hydrogens (tertiary/aromatic N) is 4. The normalized spacial score (nSPS) is 12.4. The summed E-state index contributed by atoms with van der Waals surface area (Å²) < 4.78 is 15.1. The smallest absolute Gasteiger partial charge is 0.332 e. The molecule has 9 nitrogen and oxygen atoms in total. The summed E-state index contributed by atoms with van der Waals surface area (Å²) in [5.41, 5.74) is -0.461. The summed E-state index contributed by atoms with van der Waals surface area (Å²) in [6.07, 6.45) is -0.921. The third-order valence-electron chi connectivity index (χ3n) is 5.02. The van der Waals surface area contributed by atoms with Crippen molar-refractivity contribution in [1.29, 1.82) is 0 Å². The third-order valence-corrected chi connectivity index (χ3v) is 5.02. The lowest BCUT2D eigenvalue weighted by Crippen LogP contribution is -2.37. The standard InChI is InChI=1S/C21H22N4O5/c1-23-17-18(24(2)21(28)25(3)19(17)27)22-20(23)30-12-14(26)11-29-16-10-6-8-13-7-4-5-9-15(13)16/h4-10,14,26H,11-12H2,1-3H3. The lowest BCUT2D eigenvalue weighted by Gasteiger charge is -2.14. The van der Waals surface area contributed by atoms with E-state index in [1.165, 1.54) is 23.2 Å². The topological polar surface area (TPSA) is 101 Å². The van der Waals surface area contributed by atoms with Gasteiger partial charge in [-0.15, -0.1) is 0 Å². The van der Waals surface area contributed by atoms with Crippen LogP contribution in [0.2, 0.25) is 0 Å². The molecule has 0 radical (unpaired) electrons. The van der Waals surface area contributed by atoms with Crippen LogP contribution in [0.25, 0.3) is 21.9 Å². The second-order valence-corrected chi connectivity index (χ2v) is 7.08. The van der Waals surface area contributed by atoms with E-state index in [9.17, 15) is 14.7 Å². The van der Waals surface area contributed by atoms with E-state index in [-0.39, 0.29) is 30.4 Å². The summed E-state index contributed by atoms with van der Waals surface area (Å²) in [6, 6.07) is 13.7. The van der Waals surface area contributed by atoms with Crippen molar-refractivity contribution in [3.63, 3.8) is 0 Å². The summed E-state index contributed by atoms with van der Waals surface area (Å²) in [7, 11) is 4.56. The van der Waals surface area contributed by atoms with E-state index in [2.05, 4.69) is 4.98 Å². The van der Waals surface area contributed by atoms with Crippen LogP contribution in [-0.4, -0.2) is 43.1 Å². The Labute approximate surface area is 171 Å². The summed E-state index contributed by atoms with van der Waals surface area (Å²) in [5, 5.41) is 12.3. The number of fused-ring (bicyclic) bond motifs is 2. The maximum Gasteiger partial charge on any atom is 0.332 e. The molecular formula is C21H22N4O5. The number of hydrogen-bond donors (Lipinski definition) is 1. The van der Waals surface area contributed by atoms with Gasteiger partial charge in [0.2, 0.25) is 0 Å². The molecule has 0 aliphatic heterocycles. The van der Waals surface area contributed by atoms with Gasteiger partial charge in [-0.3, -0.25) is 18.5 Å². The predicted molar refractivity (Wildman–Crippen MR) is 112 cm³/mol. The fourth-order valence-electron chi connectivity index (χ4n) is 3.35. The third kappa shape index (κ3) is 3.33. The Morgan fingerprint density at radius 1 is 0.933 bits per heavy atom. The Morgan fingerprint density at radius 3 is 2.43 bits per heavy atom. The molecule has 0 bridgehead atoms. The molecule has 1 atom stereocenters. The van der Waals surface area contributed by atoms with Crippen LogP contribution in [0, 0.1) is 0 Å². The molecule has 4 rings (SSSR count). The van der Waals surface area contributed by atoms with Crippen molar-refractivity contribution in [1.82, 2.24) is 18.7 Å². The zero-order valence-electron chi connectivity index (χ0n) is 16.9. The molecule has 1 unspecified atom stereocenters. The van der Waals surface area contributed by atoms with Crippen molar-refractivity contribution in [2.45, 2.75) is 6.10 Å². The average Bonchev–Trinajstić information content (AvgIpc) is 3.09. The SMILES string of the molecule is Cn1c(=O)c2c(nc(OCC(O)COc3cccc4ccccc34)n2C)n(C)c1=O. The second kappa shape index (κ2) is 7.68. The second-order valence-electron chi connectivity index (χ2n) is 7.08. The van der Waals surface area contributed by atoms with Gasteiger partial charge >= 0.3 is 5.69 Å². The van der Waals surface area contributed by atoms with Gasteiger partial charge in [0.05, 0.1) is 0 Å². The van der Waals surface area contributed by atoms with Gasteiger partial charge in [0.25, 0.3) is 11.6 Å². The van der Waals surface area contributed by atoms with Crippen LogP contribution < -0.4 is 20.7 Å². The number of benzene rings is 2. The molecule has 1 N–H and O–H groups in total. The Morgan fingerprint density at radius 2 is 1.63 bits per heavy atom. The van der Waals surface area contributed by atoms with Crippen LogP contribution in [0.15, 0.2) is 52.1 Å². The fraction of sp³-hybridized carbons (Fsp3) is 0.286. The van der Waals surface area contributed by atoms with Crippen molar-refractivity contribution in [2.75, 3.05) is 13.2 Å². The largest absolute Gasteiger partial charge is 0.490 e. The van der Waals surface area contributed by atoms with Gasteiger partial charge < -0.3 is 14.6 Å². The lowest BCUT2D eigenvalue weighted by atomic mass is 10.1. The number of aliphatic hydroxyl groups is 1. The number of aromatic nitrogens is 4. The van der Waals surface area contributed by atoms with E-state index < -0.39 is 17.4 Å². The molecule has 0 aliphatic carbocycles. The molecule has 2 aromatic heterocycles. The Hall–Kier alpha value is -3.59. The van der Waals surface area contributed by atoms with Crippen LogP contribution in [-0.2, 0) is 21.1 Å². The Balaban J connectivity index is 1.48. The minimum absolute atomic E-state index is 0.0260.